The topological polar surface area (TPSA) is 52.5 Å². The standard InChI is InChI=1S/C7H14NO2PS/c9-11(10,12)8-7-3-1-6(5-7)2-4-7/h6H,1-5H2,(H3,8,9,10,12). The van der Waals surface area contributed by atoms with Gasteiger partial charge in [0, 0.05) is 5.54 Å². The number of hydrogen-bond donors (Lipinski definition) is 3. The van der Waals surface area contributed by atoms with Gasteiger partial charge < -0.3 is 9.79 Å². The summed E-state index contributed by atoms with van der Waals surface area (Å²) in [7, 11) is 0. The maximum atomic E-state index is 9.16. The summed E-state index contributed by atoms with van der Waals surface area (Å²) < 4.78 is 0. The molecule has 0 heterocycles. The van der Waals surface area contributed by atoms with Gasteiger partial charge in [-0.25, -0.2) is 5.09 Å². The highest BCUT2D eigenvalue weighted by molar-refractivity contribution is 8.08. The van der Waals surface area contributed by atoms with Gasteiger partial charge in [-0.15, -0.1) is 0 Å². The van der Waals surface area contributed by atoms with Crippen molar-refractivity contribution in [3.63, 3.8) is 0 Å². The zero-order chi connectivity index (χ0) is 8.82. The molecule has 0 atom stereocenters. The molecule has 2 rings (SSSR count). The van der Waals surface area contributed by atoms with Crippen LogP contribution in [-0.2, 0) is 11.8 Å². The number of fused-ring (bicyclic) bond motifs is 2. The molecule has 12 heavy (non-hydrogen) atoms. The largest absolute Gasteiger partial charge is 0.334 e. The van der Waals surface area contributed by atoms with Gasteiger partial charge in [0.1, 0.15) is 0 Å². The number of nitrogens with one attached hydrogen (secondary N) is 1. The van der Waals surface area contributed by atoms with Gasteiger partial charge in [-0.2, -0.15) is 0 Å². The van der Waals surface area contributed by atoms with Crippen molar-refractivity contribution >= 4 is 18.4 Å². The lowest BCUT2D eigenvalue weighted by molar-refractivity contribution is 0.350. The molecule has 70 valence electrons. The van der Waals surface area contributed by atoms with Gasteiger partial charge in [-0.05, 0) is 49.8 Å². The molecule has 2 aliphatic carbocycles. The third-order valence-electron chi connectivity index (χ3n) is 3.12. The summed E-state index contributed by atoms with van der Waals surface area (Å²) in [4.78, 5) is 18.3. The van der Waals surface area contributed by atoms with Gasteiger partial charge in [0.2, 0.25) is 0 Å². The molecule has 3 nitrogen and oxygen atoms in total. The zero-order valence-electron chi connectivity index (χ0n) is 6.86. The fourth-order valence-corrected chi connectivity index (χ4v) is 4.17. The summed E-state index contributed by atoms with van der Waals surface area (Å²) in [6.07, 6.45) is 5.67. The third kappa shape index (κ3) is 1.73. The Morgan fingerprint density at radius 1 is 1.33 bits per heavy atom. The molecule has 0 aromatic carbocycles. The van der Waals surface area contributed by atoms with Gasteiger partial charge in [-0.1, -0.05) is 0 Å². The number of rotatable bonds is 2. The van der Waals surface area contributed by atoms with Crippen molar-refractivity contribution in [2.75, 3.05) is 0 Å². The predicted molar refractivity (Wildman–Crippen MR) is 51.2 cm³/mol. The van der Waals surface area contributed by atoms with Crippen molar-refractivity contribution in [2.45, 2.75) is 37.6 Å². The first-order valence-corrected chi connectivity index (χ1v) is 7.05. The molecule has 0 amide bonds. The molecule has 3 N–H and O–H groups in total. The second-order valence-electron chi connectivity index (χ2n) is 4.08. The minimum Gasteiger partial charge on any atom is -0.334 e. The van der Waals surface area contributed by atoms with Crippen LogP contribution in [0.25, 0.3) is 0 Å². The highest BCUT2D eigenvalue weighted by atomic mass is 32.5. The first-order valence-electron chi connectivity index (χ1n) is 4.34. The van der Waals surface area contributed by atoms with Gasteiger partial charge in [0.15, 0.2) is 0 Å². The van der Waals surface area contributed by atoms with Crippen LogP contribution in [0.2, 0.25) is 0 Å². The first-order chi connectivity index (χ1) is 5.49. The molecule has 0 aromatic heterocycles. The van der Waals surface area contributed by atoms with Crippen molar-refractivity contribution in [3.8, 4) is 0 Å². The number of hydrogen-bond acceptors (Lipinski definition) is 1. The highest BCUT2D eigenvalue weighted by Gasteiger charge is 2.46. The van der Waals surface area contributed by atoms with E-state index in [1.807, 2.05) is 0 Å². The van der Waals surface area contributed by atoms with Crippen molar-refractivity contribution in [2.24, 2.45) is 5.92 Å². The summed E-state index contributed by atoms with van der Waals surface area (Å²) in [5.74, 6) is 0.805. The van der Waals surface area contributed by atoms with Crippen LogP contribution in [0.15, 0.2) is 0 Å². The van der Waals surface area contributed by atoms with Gasteiger partial charge in [0.25, 0.3) is 6.64 Å². The van der Waals surface area contributed by atoms with E-state index >= 15 is 0 Å². The molecule has 0 spiro atoms. The maximum Gasteiger partial charge on any atom is 0.256 e. The van der Waals surface area contributed by atoms with E-state index in [4.69, 9.17) is 9.79 Å². The molecule has 0 saturated heterocycles. The molecule has 2 aliphatic rings. The molecule has 2 saturated carbocycles. The second-order valence-corrected chi connectivity index (χ2v) is 6.92. The second kappa shape index (κ2) is 2.76. The van der Waals surface area contributed by atoms with Crippen LogP contribution in [0.4, 0.5) is 0 Å². The summed E-state index contributed by atoms with van der Waals surface area (Å²) in [5.41, 5.74) is -0.0102. The van der Waals surface area contributed by atoms with Gasteiger partial charge >= 0.3 is 0 Å². The van der Waals surface area contributed by atoms with E-state index in [9.17, 15) is 0 Å². The van der Waals surface area contributed by atoms with E-state index in [2.05, 4.69) is 16.9 Å². The summed E-state index contributed by atoms with van der Waals surface area (Å²) in [6, 6.07) is 0. The Labute approximate surface area is 77.4 Å². The van der Waals surface area contributed by atoms with Crippen molar-refractivity contribution in [1.29, 1.82) is 0 Å². The normalized spacial score (nSPS) is 40.7. The smallest absolute Gasteiger partial charge is 0.256 e. The third-order valence-corrected chi connectivity index (χ3v) is 4.16. The van der Waals surface area contributed by atoms with E-state index < -0.39 is 6.64 Å². The Kier molecular flexibility index (Phi) is 2.09. The SMILES string of the molecule is OP(O)(=S)NC12CCC(CC1)C2. The molecule has 2 fully saturated rings. The predicted octanol–water partition coefficient (Wildman–Crippen LogP) is 1.12. The molecular weight excluding hydrogens is 193 g/mol. The molecule has 0 unspecified atom stereocenters. The van der Waals surface area contributed by atoms with E-state index in [0.717, 1.165) is 25.2 Å². The lowest BCUT2D eigenvalue weighted by atomic mass is 9.95. The Bertz CT molecular complexity index is 232. The van der Waals surface area contributed by atoms with Crippen molar-refractivity contribution < 1.29 is 9.79 Å². The fraction of sp³-hybridized carbons (Fsp3) is 1.00. The van der Waals surface area contributed by atoms with Crippen molar-refractivity contribution in [3.05, 3.63) is 0 Å². The minimum atomic E-state index is -3.19. The summed E-state index contributed by atoms with van der Waals surface area (Å²) >= 11 is 4.59. The van der Waals surface area contributed by atoms with Crippen LogP contribution >= 0.6 is 6.64 Å². The Morgan fingerprint density at radius 2 is 1.92 bits per heavy atom. The zero-order valence-corrected chi connectivity index (χ0v) is 8.57. The van der Waals surface area contributed by atoms with Crippen LogP contribution in [0.1, 0.15) is 32.1 Å². The highest BCUT2D eigenvalue weighted by Crippen LogP contribution is 2.51. The molecular formula is C7H14NO2PS. The van der Waals surface area contributed by atoms with Crippen LogP contribution < -0.4 is 5.09 Å². The van der Waals surface area contributed by atoms with Crippen molar-refractivity contribution in [1.82, 2.24) is 5.09 Å². The molecule has 0 aromatic rings. The molecule has 0 aliphatic heterocycles. The molecule has 2 bridgehead atoms. The van der Waals surface area contributed by atoms with Crippen LogP contribution in [0.5, 0.6) is 0 Å². The van der Waals surface area contributed by atoms with Crippen LogP contribution in [0.3, 0.4) is 0 Å². The van der Waals surface area contributed by atoms with E-state index in [0.29, 0.717) is 0 Å². The quantitative estimate of drug-likeness (QED) is 0.594. The fourth-order valence-electron chi connectivity index (χ4n) is 2.66. The maximum absolute atomic E-state index is 9.16. The Balaban J connectivity index is 2.08. The van der Waals surface area contributed by atoms with Crippen LogP contribution in [0, 0.1) is 5.92 Å². The Morgan fingerprint density at radius 3 is 2.25 bits per heavy atom. The molecule has 0 radical (unpaired) electrons. The lowest BCUT2D eigenvalue weighted by Crippen LogP contribution is -2.38. The lowest BCUT2D eigenvalue weighted by Gasteiger charge is -2.29. The monoisotopic (exact) mass is 207 g/mol. The summed E-state index contributed by atoms with van der Waals surface area (Å²) in [6.45, 7) is -3.19. The average molecular weight is 207 g/mol. The summed E-state index contributed by atoms with van der Waals surface area (Å²) in [5, 5.41) is 2.86. The Hall–Kier alpha value is 0.530. The molecule has 5 heteroatoms. The average Bonchev–Trinajstić information content (AvgIpc) is 2.40. The minimum absolute atomic E-state index is 0.0102. The first kappa shape index (κ1) is 9.10. The van der Waals surface area contributed by atoms with E-state index in [1.165, 1.54) is 12.8 Å². The van der Waals surface area contributed by atoms with Gasteiger partial charge in [0.05, 0.1) is 0 Å². The van der Waals surface area contributed by atoms with Gasteiger partial charge in [-0.3, -0.25) is 0 Å². The van der Waals surface area contributed by atoms with E-state index in [-0.39, 0.29) is 5.54 Å². The van der Waals surface area contributed by atoms with E-state index in [1.54, 1.807) is 0 Å². The van der Waals surface area contributed by atoms with Crippen LogP contribution in [-0.4, -0.2) is 15.3 Å².